The molecule has 1 fully saturated rings. The standard InChI is InChI=1S/C27H31F3N2O6/c1-4-37-25(33)21-10-5-6-12-31(21)26(34)32-13-11-17-14-20(35-2)16-22(36-3)23(17)24(32)18-8-7-9-19(15-18)38-27(28,29)30/h7-9,14-16,21,24H,4-6,10-13H2,1-3H3. The van der Waals surface area contributed by atoms with Crippen LogP contribution in [0.4, 0.5) is 18.0 Å². The molecule has 1 saturated heterocycles. The van der Waals surface area contributed by atoms with Crippen LogP contribution in [0.3, 0.4) is 0 Å². The molecule has 0 N–H and O–H groups in total. The van der Waals surface area contributed by atoms with Gasteiger partial charge in [0.15, 0.2) is 0 Å². The first kappa shape index (κ1) is 27.4. The highest BCUT2D eigenvalue weighted by Gasteiger charge is 2.41. The molecule has 2 aliphatic heterocycles. The Morgan fingerprint density at radius 1 is 1.00 bits per heavy atom. The Bertz CT molecular complexity index is 1150. The van der Waals surface area contributed by atoms with E-state index in [2.05, 4.69) is 4.74 Å². The van der Waals surface area contributed by atoms with E-state index in [1.165, 1.54) is 37.3 Å². The number of amides is 2. The number of esters is 1. The number of carbonyl (C=O) groups is 2. The van der Waals surface area contributed by atoms with Gasteiger partial charge in [-0.15, -0.1) is 13.2 Å². The molecule has 38 heavy (non-hydrogen) atoms. The van der Waals surface area contributed by atoms with Crippen molar-refractivity contribution in [3.8, 4) is 17.2 Å². The number of methoxy groups -OCH3 is 2. The number of alkyl halides is 3. The Balaban J connectivity index is 1.81. The third kappa shape index (κ3) is 5.76. The van der Waals surface area contributed by atoms with E-state index in [0.29, 0.717) is 42.0 Å². The van der Waals surface area contributed by atoms with E-state index in [-0.39, 0.29) is 13.2 Å². The molecular weight excluding hydrogens is 505 g/mol. The molecule has 206 valence electrons. The van der Waals surface area contributed by atoms with Gasteiger partial charge in [-0.25, -0.2) is 9.59 Å². The summed E-state index contributed by atoms with van der Waals surface area (Å²) in [7, 11) is 3.01. The molecule has 0 aromatic heterocycles. The van der Waals surface area contributed by atoms with Crippen molar-refractivity contribution in [3.05, 3.63) is 53.1 Å². The van der Waals surface area contributed by atoms with Crippen LogP contribution in [-0.2, 0) is 16.0 Å². The Labute approximate surface area is 219 Å². The highest BCUT2D eigenvalue weighted by molar-refractivity contribution is 5.85. The molecule has 0 aliphatic carbocycles. The lowest BCUT2D eigenvalue weighted by Crippen LogP contribution is -2.55. The van der Waals surface area contributed by atoms with Gasteiger partial charge in [0.2, 0.25) is 0 Å². The van der Waals surface area contributed by atoms with Gasteiger partial charge in [0.05, 0.1) is 26.9 Å². The first-order valence-electron chi connectivity index (χ1n) is 12.5. The van der Waals surface area contributed by atoms with Gasteiger partial charge in [-0.3, -0.25) is 0 Å². The number of carbonyl (C=O) groups excluding carboxylic acids is 2. The van der Waals surface area contributed by atoms with Crippen LogP contribution >= 0.6 is 0 Å². The maximum Gasteiger partial charge on any atom is 0.573 e. The monoisotopic (exact) mass is 536 g/mol. The Kier molecular flexibility index (Phi) is 8.23. The zero-order valence-electron chi connectivity index (χ0n) is 21.5. The lowest BCUT2D eigenvalue weighted by atomic mass is 9.87. The fourth-order valence-electron chi connectivity index (χ4n) is 5.23. The van der Waals surface area contributed by atoms with E-state index >= 15 is 0 Å². The average molecular weight is 537 g/mol. The second-order valence-electron chi connectivity index (χ2n) is 9.11. The molecule has 4 rings (SSSR count). The summed E-state index contributed by atoms with van der Waals surface area (Å²) in [6.45, 7) is 2.54. The van der Waals surface area contributed by atoms with Crippen molar-refractivity contribution in [3.63, 3.8) is 0 Å². The molecule has 2 aromatic carbocycles. The average Bonchev–Trinajstić information content (AvgIpc) is 2.90. The van der Waals surface area contributed by atoms with E-state index in [1.54, 1.807) is 24.0 Å². The number of hydrogen-bond donors (Lipinski definition) is 0. The maximum atomic E-state index is 14.1. The highest BCUT2D eigenvalue weighted by Crippen LogP contribution is 2.44. The van der Waals surface area contributed by atoms with Crippen LogP contribution in [0.1, 0.15) is 48.9 Å². The number of hydrogen-bond acceptors (Lipinski definition) is 6. The van der Waals surface area contributed by atoms with Gasteiger partial charge in [0.25, 0.3) is 0 Å². The molecule has 0 bridgehead atoms. The summed E-state index contributed by atoms with van der Waals surface area (Å²) in [5.74, 6) is 0.137. The third-order valence-corrected chi connectivity index (χ3v) is 6.82. The van der Waals surface area contributed by atoms with Crippen molar-refractivity contribution in [2.75, 3.05) is 33.9 Å². The van der Waals surface area contributed by atoms with E-state index in [1.807, 2.05) is 6.07 Å². The quantitative estimate of drug-likeness (QED) is 0.479. The Morgan fingerprint density at radius 2 is 1.79 bits per heavy atom. The molecule has 0 radical (unpaired) electrons. The van der Waals surface area contributed by atoms with E-state index in [9.17, 15) is 22.8 Å². The smallest absolute Gasteiger partial charge is 0.497 e. The molecule has 2 heterocycles. The lowest BCUT2D eigenvalue weighted by Gasteiger charge is -2.43. The minimum atomic E-state index is -4.87. The summed E-state index contributed by atoms with van der Waals surface area (Å²) in [6.07, 6.45) is -2.42. The van der Waals surface area contributed by atoms with Gasteiger partial charge in [-0.2, -0.15) is 0 Å². The lowest BCUT2D eigenvalue weighted by molar-refractivity contribution is -0.274. The van der Waals surface area contributed by atoms with Crippen LogP contribution < -0.4 is 14.2 Å². The minimum Gasteiger partial charge on any atom is -0.497 e. The predicted octanol–water partition coefficient (Wildman–Crippen LogP) is 5.09. The van der Waals surface area contributed by atoms with Crippen molar-refractivity contribution in [2.24, 2.45) is 0 Å². The molecule has 8 nitrogen and oxygen atoms in total. The van der Waals surface area contributed by atoms with E-state index < -0.39 is 36.2 Å². The summed E-state index contributed by atoms with van der Waals surface area (Å²) >= 11 is 0. The maximum absolute atomic E-state index is 14.1. The van der Waals surface area contributed by atoms with E-state index in [0.717, 1.165) is 18.4 Å². The molecule has 2 aliphatic rings. The van der Waals surface area contributed by atoms with Crippen LogP contribution in [0.2, 0.25) is 0 Å². The zero-order chi connectivity index (χ0) is 27.4. The van der Waals surface area contributed by atoms with Crippen molar-refractivity contribution in [1.82, 2.24) is 9.80 Å². The molecule has 2 atom stereocenters. The molecule has 11 heteroatoms. The number of halogens is 3. The number of urea groups is 1. The van der Waals surface area contributed by atoms with Crippen molar-refractivity contribution in [1.29, 1.82) is 0 Å². The summed E-state index contributed by atoms with van der Waals surface area (Å²) in [6, 6.07) is 7.18. The van der Waals surface area contributed by atoms with Gasteiger partial charge in [0.1, 0.15) is 23.3 Å². The van der Waals surface area contributed by atoms with Crippen LogP contribution in [-0.4, -0.2) is 68.1 Å². The number of rotatable bonds is 6. The number of fused-ring (bicyclic) bond motifs is 1. The summed E-state index contributed by atoms with van der Waals surface area (Å²) < 4.78 is 59.5. The summed E-state index contributed by atoms with van der Waals surface area (Å²) in [5.41, 5.74) is 1.90. The van der Waals surface area contributed by atoms with Crippen LogP contribution in [0.15, 0.2) is 36.4 Å². The van der Waals surface area contributed by atoms with Gasteiger partial charge < -0.3 is 28.7 Å². The summed E-state index contributed by atoms with van der Waals surface area (Å²) in [4.78, 5) is 29.9. The number of nitrogens with zero attached hydrogens (tertiary/aromatic N) is 2. The van der Waals surface area contributed by atoms with Gasteiger partial charge >= 0.3 is 18.4 Å². The Hall–Kier alpha value is -3.63. The zero-order valence-corrected chi connectivity index (χ0v) is 21.5. The number of benzene rings is 2. The molecule has 0 spiro atoms. The van der Waals surface area contributed by atoms with Crippen molar-refractivity contribution in [2.45, 2.75) is 51.1 Å². The third-order valence-electron chi connectivity index (χ3n) is 6.82. The van der Waals surface area contributed by atoms with Gasteiger partial charge in [0, 0.05) is 24.7 Å². The predicted molar refractivity (Wildman–Crippen MR) is 131 cm³/mol. The van der Waals surface area contributed by atoms with Crippen molar-refractivity contribution < 1.29 is 41.7 Å². The topological polar surface area (TPSA) is 77.5 Å². The SMILES string of the molecule is CCOC(=O)C1CCCCN1C(=O)N1CCc2cc(OC)cc(OC)c2C1c1cccc(OC(F)(F)F)c1. The van der Waals surface area contributed by atoms with Crippen LogP contribution in [0.5, 0.6) is 17.2 Å². The van der Waals surface area contributed by atoms with E-state index in [4.69, 9.17) is 14.2 Å². The molecule has 2 unspecified atom stereocenters. The molecule has 2 amide bonds. The highest BCUT2D eigenvalue weighted by atomic mass is 19.4. The minimum absolute atomic E-state index is 0.197. The van der Waals surface area contributed by atoms with Gasteiger partial charge in [-0.1, -0.05) is 12.1 Å². The second-order valence-corrected chi connectivity index (χ2v) is 9.11. The van der Waals surface area contributed by atoms with Crippen LogP contribution in [0, 0.1) is 0 Å². The fourth-order valence-corrected chi connectivity index (χ4v) is 5.23. The first-order chi connectivity index (χ1) is 18.2. The molecule has 2 aromatic rings. The summed E-state index contributed by atoms with van der Waals surface area (Å²) in [5, 5.41) is 0. The first-order valence-corrected chi connectivity index (χ1v) is 12.5. The largest absolute Gasteiger partial charge is 0.573 e. The van der Waals surface area contributed by atoms with Gasteiger partial charge in [-0.05, 0) is 61.9 Å². The molecule has 0 saturated carbocycles. The van der Waals surface area contributed by atoms with Crippen molar-refractivity contribution >= 4 is 12.0 Å². The Morgan fingerprint density at radius 3 is 2.47 bits per heavy atom. The normalized spacial score (nSPS) is 19.4. The molecular formula is C27H31F3N2O6. The number of ether oxygens (including phenoxy) is 4. The number of likely N-dealkylation sites (tertiary alicyclic amines) is 1. The number of piperidine rings is 1. The second kappa shape index (κ2) is 11.4. The van der Waals surface area contributed by atoms with Crippen LogP contribution in [0.25, 0.3) is 0 Å². The fraction of sp³-hybridized carbons (Fsp3) is 0.481.